The lowest BCUT2D eigenvalue weighted by Crippen LogP contribution is -2.45. The Morgan fingerprint density at radius 2 is 1.81 bits per heavy atom. The Bertz CT molecular complexity index is 1970. The molecule has 2 heterocycles. The van der Waals surface area contributed by atoms with Crippen molar-refractivity contribution in [3.05, 3.63) is 77.5 Å². The van der Waals surface area contributed by atoms with Crippen molar-refractivity contribution in [3.63, 3.8) is 0 Å². The Morgan fingerprint density at radius 3 is 2.42 bits per heavy atom. The van der Waals surface area contributed by atoms with E-state index in [1.807, 2.05) is 0 Å². The third-order valence-corrected chi connectivity index (χ3v) is 10.5. The van der Waals surface area contributed by atoms with Gasteiger partial charge in [0.2, 0.25) is 5.91 Å². The number of carboxylic acids is 1. The van der Waals surface area contributed by atoms with Gasteiger partial charge in [-0.25, -0.2) is 22.8 Å². The summed E-state index contributed by atoms with van der Waals surface area (Å²) in [5, 5.41) is 12.6. The molecular weight excluding hydrogens is 658 g/mol. The van der Waals surface area contributed by atoms with Crippen LogP contribution in [0.15, 0.2) is 59.6 Å². The van der Waals surface area contributed by atoms with Crippen LogP contribution >= 0.6 is 0 Å². The number of hydrogen-bond donors (Lipinski definition) is 2. The van der Waals surface area contributed by atoms with Gasteiger partial charge in [-0.05, 0) is 68.7 Å². The number of aryl methyl sites for hydroxylation is 2. The molecule has 0 bridgehead atoms. The molecule has 0 spiro atoms. The molecule has 2 aromatic heterocycles. The number of carbonyl (C=O) groups excluding carboxylic acids is 1. The van der Waals surface area contributed by atoms with E-state index >= 15 is 0 Å². The number of benzene rings is 2. The molecule has 16 heteroatoms. The topological polar surface area (TPSA) is 144 Å². The summed E-state index contributed by atoms with van der Waals surface area (Å²) >= 11 is 0. The van der Waals surface area contributed by atoms with Crippen molar-refractivity contribution in [2.45, 2.75) is 49.8 Å². The van der Waals surface area contributed by atoms with E-state index in [4.69, 9.17) is 4.74 Å². The average molecular weight is 692 g/mol. The van der Waals surface area contributed by atoms with Crippen molar-refractivity contribution in [1.29, 1.82) is 0 Å². The van der Waals surface area contributed by atoms with Crippen LogP contribution < -0.4 is 9.62 Å². The first kappa shape index (κ1) is 34.8. The Hall–Kier alpha value is -4.57. The predicted octanol–water partition coefficient (Wildman–Crippen LogP) is 5.50. The van der Waals surface area contributed by atoms with Crippen LogP contribution in [0.4, 0.5) is 28.9 Å². The van der Waals surface area contributed by atoms with Crippen molar-refractivity contribution in [1.82, 2.24) is 14.5 Å². The first-order chi connectivity index (χ1) is 22.5. The maximum atomic E-state index is 14.6. The second-order valence-corrected chi connectivity index (χ2v) is 13.6. The summed E-state index contributed by atoms with van der Waals surface area (Å²) in [7, 11) is -0.933. The van der Waals surface area contributed by atoms with Gasteiger partial charge in [-0.2, -0.15) is 13.2 Å². The smallest absolute Gasteiger partial charge is 0.416 e. The fourth-order valence-corrected chi connectivity index (χ4v) is 7.29. The van der Waals surface area contributed by atoms with Crippen molar-refractivity contribution in [2.75, 3.05) is 23.3 Å². The Morgan fingerprint density at radius 1 is 1.12 bits per heavy atom. The molecule has 48 heavy (non-hydrogen) atoms. The number of ether oxygens (including phenoxy) is 1. The largest absolute Gasteiger partial charge is 0.481 e. The minimum atomic E-state index is -4.79. The number of rotatable bonds is 9. The number of carbonyl (C=O) groups is 2. The molecule has 5 rings (SSSR count). The molecular formula is C32H33F4N5O6S. The number of nitrogens with zero attached hydrogens (tertiary/aromatic N) is 4. The van der Waals surface area contributed by atoms with E-state index in [1.54, 1.807) is 37.6 Å². The van der Waals surface area contributed by atoms with Gasteiger partial charge in [-0.1, -0.05) is 12.1 Å². The summed E-state index contributed by atoms with van der Waals surface area (Å²) in [6.45, 7) is 3.77. The lowest BCUT2D eigenvalue weighted by molar-refractivity contribution is -0.151. The van der Waals surface area contributed by atoms with Crippen LogP contribution in [-0.2, 0) is 37.6 Å². The number of aliphatic carboxylic acids is 1. The van der Waals surface area contributed by atoms with Crippen LogP contribution in [0.1, 0.15) is 42.6 Å². The molecule has 1 aliphatic rings. The predicted molar refractivity (Wildman–Crippen MR) is 167 cm³/mol. The van der Waals surface area contributed by atoms with E-state index in [0.29, 0.717) is 28.6 Å². The number of sulfonamides is 1. The highest BCUT2D eigenvalue weighted by Crippen LogP contribution is 2.44. The van der Waals surface area contributed by atoms with Crippen molar-refractivity contribution in [3.8, 4) is 0 Å². The van der Waals surface area contributed by atoms with Gasteiger partial charge in [0.15, 0.2) is 5.65 Å². The monoisotopic (exact) mass is 691 g/mol. The zero-order valence-electron chi connectivity index (χ0n) is 26.3. The first-order valence-corrected chi connectivity index (χ1v) is 16.4. The molecule has 1 aliphatic carbocycles. The zero-order chi connectivity index (χ0) is 35.1. The second-order valence-electron chi connectivity index (χ2n) is 11.6. The quantitative estimate of drug-likeness (QED) is 0.219. The maximum absolute atomic E-state index is 14.6. The molecule has 2 N–H and O–H groups in total. The lowest BCUT2D eigenvalue weighted by atomic mass is 9.67. The first-order valence-electron chi connectivity index (χ1n) is 14.9. The average Bonchev–Trinajstić information content (AvgIpc) is 3.32. The van der Waals surface area contributed by atoms with E-state index in [9.17, 15) is 40.7 Å². The van der Waals surface area contributed by atoms with Crippen molar-refractivity contribution >= 4 is 44.4 Å². The van der Waals surface area contributed by atoms with Gasteiger partial charge in [0.25, 0.3) is 10.0 Å². The Labute approximate surface area is 273 Å². The summed E-state index contributed by atoms with van der Waals surface area (Å²) < 4.78 is 89.2. The summed E-state index contributed by atoms with van der Waals surface area (Å²) in [6.07, 6.45) is -3.92. The fourth-order valence-electron chi connectivity index (χ4n) is 6.12. The van der Waals surface area contributed by atoms with E-state index < -0.39 is 69.0 Å². The molecule has 1 amide bonds. The number of fused-ring (bicyclic) bond motifs is 1. The highest BCUT2D eigenvalue weighted by Gasteiger charge is 2.46. The number of nitrogens with one attached hydrogen (secondary N) is 1. The summed E-state index contributed by atoms with van der Waals surface area (Å²) in [5.74, 6) is -6.18. The molecule has 0 saturated heterocycles. The summed E-state index contributed by atoms with van der Waals surface area (Å²) in [5.41, 5.74) is -0.0491. The molecule has 11 nitrogen and oxygen atoms in total. The number of pyridine rings is 1. The molecule has 4 atom stereocenters. The highest BCUT2D eigenvalue weighted by molar-refractivity contribution is 7.92. The lowest BCUT2D eigenvalue weighted by Gasteiger charge is -2.39. The van der Waals surface area contributed by atoms with Gasteiger partial charge in [0.1, 0.15) is 22.1 Å². The van der Waals surface area contributed by atoms with Gasteiger partial charge in [-0.3, -0.25) is 13.9 Å². The van der Waals surface area contributed by atoms with Crippen LogP contribution in [0.5, 0.6) is 0 Å². The highest BCUT2D eigenvalue weighted by atomic mass is 32.2. The number of anilines is 2. The number of alkyl halides is 3. The van der Waals surface area contributed by atoms with Crippen molar-refractivity contribution in [2.24, 2.45) is 18.9 Å². The van der Waals surface area contributed by atoms with Gasteiger partial charge < -0.3 is 19.7 Å². The summed E-state index contributed by atoms with van der Waals surface area (Å²) in [4.78, 5) is 34.6. The third-order valence-electron chi connectivity index (χ3n) is 8.73. The third kappa shape index (κ3) is 6.71. The number of aromatic nitrogens is 3. The van der Waals surface area contributed by atoms with Gasteiger partial charge in [0.05, 0.1) is 41.1 Å². The Kier molecular flexibility index (Phi) is 9.52. The normalized spacial score (nSPS) is 20.1. The van der Waals surface area contributed by atoms with Crippen LogP contribution in [0, 0.1) is 24.6 Å². The van der Waals surface area contributed by atoms with Crippen LogP contribution in [0.3, 0.4) is 0 Å². The van der Waals surface area contributed by atoms with E-state index in [2.05, 4.69) is 15.3 Å². The molecule has 0 unspecified atom stereocenters. The molecule has 4 aromatic rings. The standard InChI is InChI=1S/C32H33F4N5O6S/c1-5-47-21-13-23(28(31(43)44)24(14-21)30(42)39-26-11-8-19(12-25(26)33)32(34,35)36)18-6-9-20(10-7-18)41(4)48(45,46)22-15-27-29(37-16-22)40(3)17(2)38-27/h6-12,15-16,21,23-24,28H,5,13-14H2,1-4H3,(H,39,42)(H,43,44)/t21-,23-,24-,28-/m1/s1. The second kappa shape index (κ2) is 13.1. The zero-order valence-corrected chi connectivity index (χ0v) is 27.1. The van der Waals surface area contributed by atoms with Crippen LogP contribution in [0.2, 0.25) is 0 Å². The molecule has 1 saturated carbocycles. The maximum Gasteiger partial charge on any atom is 0.416 e. The fraction of sp³-hybridized carbons (Fsp3) is 0.375. The Balaban J connectivity index is 1.41. The number of imidazole rings is 1. The molecule has 0 radical (unpaired) electrons. The molecule has 1 fully saturated rings. The minimum absolute atomic E-state index is 0.0252. The van der Waals surface area contributed by atoms with Crippen molar-refractivity contribution < 1.29 is 45.4 Å². The van der Waals surface area contributed by atoms with Gasteiger partial charge >= 0.3 is 12.1 Å². The van der Waals surface area contributed by atoms with E-state index in [1.165, 1.54) is 31.4 Å². The van der Waals surface area contributed by atoms with Crippen LogP contribution in [-0.4, -0.2) is 59.7 Å². The number of amides is 1. The number of hydrogen-bond acceptors (Lipinski definition) is 7. The van der Waals surface area contributed by atoms with Gasteiger partial charge in [0, 0.05) is 26.6 Å². The number of halogens is 4. The van der Waals surface area contributed by atoms with E-state index in [-0.39, 0.29) is 36.1 Å². The molecule has 256 valence electrons. The molecule has 0 aliphatic heterocycles. The molecule has 2 aromatic carbocycles. The summed E-state index contributed by atoms with van der Waals surface area (Å²) in [6, 6.07) is 9.26. The number of carboxylic acid groups (broad SMARTS) is 1. The minimum Gasteiger partial charge on any atom is -0.481 e. The SMILES string of the molecule is CCO[C@@H]1C[C@H](c2ccc(N(C)S(=O)(=O)c3cnc4c(c3)nc(C)n4C)cc2)[C@@H](C(=O)O)[C@H](C(=O)Nc2ccc(C(F)(F)F)cc2F)C1. The van der Waals surface area contributed by atoms with Crippen LogP contribution in [0.25, 0.3) is 11.2 Å². The van der Waals surface area contributed by atoms with E-state index in [0.717, 1.165) is 10.4 Å². The van der Waals surface area contributed by atoms with Gasteiger partial charge in [-0.15, -0.1) is 0 Å².